The fourth-order valence-electron chi connectivity index (χ4n) is 2.52. The Morgan fingerprint density at radius 2 is 1.89 bits per heavy atom. The number of ether oxygens (including phenoxy) is 2. The first-order valence-corrected chi connectivity index (χ1v) is 8.58. The molecule has 0 aliphatic carbocycles. The summed E-state index contributed by atoms with van der Waals surface area (Å²) in [6.45, 7) is 3.87. The topological polar surface area (TPSA) is 76.1 Å². The summed E-state index contributed by atoms with van der Waals surface area (Å²) in [7, 11) is 1.44. The van der Waals surface area contributed by atoms with Gasteiger partial charge in [0.05, 0.1) is 7.11 Å². The number of amides is 1. The Hall–Kier alpha value is -3.28. The van der Waals surface area contributed by atoms with Crippen LogP contribution in [0.15, 0.2) is 54.6 Å². The lowest BCUT2D eigenvalue weighted by molar-refractivity contribution is -0.149. The van der Waals surface area contributed by atoms with E-state index in [1.165, 1.54) is 25.3 Å². The number of esters is 1. The molecule has 1 atom stereocenters. The van der Waals surface area contributed by atoms with Crippen molar-refractivity contribution in [3.63, 3.8) is 0 Å². The fraction of sp³-hybridized carbons (Fsp3) is 0.238. The van der Waals surface area contributed by atoms with Crippen molar-refractivity contribution in [1.29, 1.82) is 0 Å². The highest BCUT2D eigenvalue weighted by Gasteiger charge is 2.23. The first-order valence-electron chi connectivity index (χ1n) is 8.58. The molecule has 0 aliphatic rings. The molecule has 0 saturated carbocycles. The van der Waals surface area contributed by atoms with Crippen molar-refractivity contribution < 1.29 is 24.2 Å². The maximum absolute atomic E-state index is 12.6. The third-order valence-electron chi connectivity index (χ3n) is 3.91. The predicted octanol–water partition coefficient (Wildman–Crippen LogP) is 3.40. The highest BCUT2D eigenvalue weighted by Crippen LogP contribution is 2.26. The second-order valence-electron chi connectivity index (χ2n) is 5.76. The van der Waals surface area contributed by atoms with Crippen molar-refractivity contribution in [1.82, 2.24) is 0 Å². The predicted molar refractivity (Wildman–Crippen MR) is 104 cm³/mol. The van der Waals surface area contributed by atoms with E-state index in [2.05, 4.69) is 0 Å². The molecule has 6 heteroatoms. The van der Waals surface area contributed by atoms with Crippen molar-refractivity contribution in [2.75, 3.05) is 18.6 Å². The number of methoxy groups -OCH3 is 1. The maximum Gasteiger partial charge on any atom is 0.331 e. The summed E-state index contributed by atoms with van der Waals surface area (Å²) < 4.78 is 10.2. The summed E-state index contributed by atoms with van der Waals surface area (Å²) in [5.74, 6) is -0.615. The van der Waals surface area contributed by atoms with Crippen LogP contribution < -0.4 is 9.64 Å². The second kappa shape index (κ2) is 9.43. The number of hydrogen-bond donors (Lipinski definition) is 1. The van der Waals surface area contributed by atoms with Gasteiger partial charge in [0.1, 0.15) is 0 Å². The average molecular weight is 369 g/mol. The number of benzene rings is 2. The summed E-state index contributed by atoms with van der Waals surface area (Å²) in [5, 5.41) is 9.58. The SMILES string of the molecule is CCN(C(=O)[C@H](C)OC(=O)/C=C/c1ccc(O)c(OC)c1)c1ccccc1. The number of carbonyl (C=O) groups excluding carboxylic acids is 2. The Bertz CT molecular complexity index is 817. The number of phenols is 1. The van der Waals surface area contributed by atoms with Crippen LogP contribution in [0, 0.1) is 0 Å². The van der Waals surface area contributed by atoms with Crippen LogP contribution in [0.1, 0.15) is 19.4 Å². The van der Waals surface area contributed by atoms with Crippen LogP contribution >= 0.6 is 0 Å². The summed E-state index contributed by atoms with van der Waals surface area (Å²) in [6.07, 6.45) is 1.83. The molecule has 0 spiro atoms. The number of hydrogen-bond acceptors (Lipinski definition) is 5. The largest absolute Gasteiger partial charge is 0.504 e. The van der Waals surface area contributed by atoms with Crippen LogP contribution in [0.4, 0.5) is 5.69 Å². The third-order valence-corrected chi connectivity index (χ3v) is 3.91. The molecule has 142 valence electrons. The van der Waals surface area contributed by atoms with Gasteiger partial charge in [-0.05, 0) is 49.8 Å². The molecule has 0 aromatic heterocycles. The van der Waals surface area contributed by atoms with E-state index in [-0.39, 0.29) is 11.7 Å². The Balaban J connectivity index is 2.01. The molecule has 0 aliphatic heterocycles. The number of carbonyl (C=O) groups is 2. The van der Waals surface area contributed by atoms with Gasteiger partial charge in [-0.2, -0.15) is 0 Å². The zero-order chi connectivity index (χ0) is 19.8. The number of aromatic hydroxyl groups is 1. The van der Waals surface area contributed by atoms with Crippen LogP contribution in [0.3, 0.4) is 0 Å². The summed E-state index contributed by atoms with van der Waals surface area (Å²) in [6, 6.07) is 13.9. The van der Waals surface area contributed by atoms with Gasteiger partial charge < -0.3 is 19.5 Å². The zero-order valence-corrected chi connectivity index (χ0v) is 15.6. The van der Waals surface area contributed by atoms with Crippen LogP contribution in [-0.2, 0) is 14.3 Å². The fourth-order valence-corrected chi connectivity index (χ4v) is 2.52. The first-order chi connectivity index (χ1) is 13.0. The maximum atomic E-state index is 12.6. The van der Waals surface area contributed by atoms with Gasteiger partial charge in [-0.1, -0.05) is 24.3 Å². The van der Waals surface area contributed by atoms with Gasteiger partial charge in [0.15, 0.2) is 17.6 Å². The molecule has 0 fully saturated rings. The van der Waals surface area contributed by atoms with E-state index in [0.717, 1.165) is 5.69 Å². The highest BCUT2D eigenvalue weighted by atomic mass is 16.5. The minimum atomic E-state index is -0.920. The van der Waals surface area contributed by atoms with Crippen molar-refractivity contribution >= 4 is 23.6 Å². The van der Waals surface area contributed by atoms with Crippen molar-refractivity contribution in [3.05, 3.63) is 60.2 Å². The number of likely N-dealkylation sites (N-methyl/N-ethyl adjacent to an activating group) is 1. The van der Waals surface area contributed by atoms with E-state index in [0.29, 0.717) is 17.9 Å². The molecule has 0 bridgehead atoms. The molecule has 0 unspecified atom stereocenters. The normalized spacial score (nSPS) is 11.8. The Morgan fingerprint density at radius 1 is 1.19 bits per heavy atom. The number of para-hydroxylation sites is 1. The highest BCUT2D eigenvalue weighted by molar-refractivity contribution is 5.98. The van der Waals surface area contributed by atoms with Crippen LogP contribution in [0.25, 0.3) is 6.08 Å². The Kier molecular flexibility index (Phi) is 7.00. The van der Waals surface area contributed by atoms with Crippen molar-refractivity contribution in [2.24, 2.45) is 0 Å². The van der Waals surface area contributed by atoms with Gasteiger partial charge in [0.2, 0.25) is 0 Å². The Labute approximate surface area is 158 Å². The van der Waals surface area contributed by atoms with E-state index in [1.54, 1.807) is 24.0 Å². The van der Waals surface area contributed by atoms with Gasteiger partial charge in [-0.3, -0.25) is 4.79 Å². The molecular formula is C21H23NO5. The molecule has 6 nitrogen and oxygen atoms in total. The molecule has 27 heavy (non-hydrogen) atoms. The van der Waals surface area contributed by atoms with Crippen molar-refractivity contribution in [2.45, 2.75) is 20.0 Å². The lowest BCUT2D eigenvalue weighted by Crippen LogP contribution is -2.39. The molecule has 1 N–H and O–H groups in total. The van der Waals surface area contributed by atoms with Crippen LogP contribution in [0.5, 0.6) is 11.5 Å². The summed E-state index contributed by atoms with van der Waals surface area (Å²) in [4.78, 5) is 26.2. The minimum Gasteiger partial charge on any atom is -0.504 e. The molecule has 2 aromatic carbocycles. The van der Waals surface area contributed by atoms with Crippen LogP contribution in [-0.4, -0.2) is 36.7 Å². The molecular weight excluding hydrogens is 346 g/mol. The molecule has 1 amide bonds. The lowest BCUT2D eigenvalue weighted by atomic mass is 10.2. The number of anilines is 1. The molecule has 0 heterocycles. The quantitative estimate of drug-likeness (QED) is 0.598. The third kappa shape index (κ3) is 5.34. The van der Waals surface area contributed by atoms with E-state index in [1.807, 2.05) is 37.3 Å². The zero-order valence-electron chi connectivity index (χ0n) is 15.6. The molecule has 0 radical (unpaired) electrons. The lowest BCUT2D eigenvalue weighted by Gasteiger charge is -2.24. The van der Waals surface area contributed by atoms with Gasteiger partial charge >= 0.3 is 5.97 Å². The first kappa shape index (κ1) is 20.0. The summed E-state index contributed by atoms with van der Waals surface area (Å²) >= 11 is 0. The molecule has 2 aromatic rings. The number of rotatable bonds is 7. The van der Waals surface area contributed by atoms with E-state index in [9.17, 15) is 14.7 Å². The number of nitrogens with zero attached hydrogens (tertiary/aromatic N) is 1. The smallest absolute Gasteiger partial charge is 0.331 e. The van der Waals surface area contributed by atoms with E-state index in [4.69, 9.17) is 9.47 Å². The van der Waals surface area contributed by atoms with Gasteiger partial charge in [0.25, 0.3) is 5.91 Å². The monoisotopic (exact) mass is 369 g/mol. The molecule has 2 rings (SSSR count). The van der Waals surface area contributed by atoms with E-state index >= 15 is 0 Å². The summed E-state index contributed by atoms with van der Waals surface area (Å²) in [5.41, 5.74) is 1.40. The second-order valence-corrected chi connectivity index (χ2v) is 5.76. The average Bonchev–Trinajstić information content (AvgIpc) is 2.68. The van der Waals surface area contributed by atoms with Gasteiger partial charge in [-0.15, -0.1) is 0 Å². The standard InChI is InChI=1S/C21H23NO5/c1-4-22(17-8-6-5-7-9-17)21(25)15(2)27-20(24)13-11-16-10-12-18(23)19(14-16)26-3/h5-15,23H,4H2,1-3H3/b13-11+/t15-/m0/s1. The van der Waals surface area contributed by atoms with Crippen molar-refractivity contribution in [3.8, 4) is 11.5 Å². The van der Waals surface area contributed by atoms with Gasteiger partial charge in [-0.25, -0.2) is 4.79 Å². The Morgan fingerprint density at radius 3 is 2.52 bits per heavy atom. The minimum absolute atomic E-state index is 0.0111. The number of phenolic OH excluding ortho intramolecular Hbond substituents is 1. The van der Waals surface area contributed by atoms with E-state index < -0.39 is 12.1 Å². The molecule has 0 saturated heterocycles. The van der Waals surface area contributed by atoms with Crippen LogP contribution in [0.2, 0.25) is 0 Å². The van der Waals surface area contributed by atoms with Gasteiger partial charge in [0, 0.05) is 18.3 Å².